The van der Waals surface area contributed by atoms with Crippen molar-refractivity contribution in [3.05, 3.63) is 12.2 Å². The van der Waals surface area contributed by atoms with Crippen LogP contribution in [0.25, 0.3) is 0 Å². The van der Waals surface area contributed by atoms with Crippen molar-refractivity contribution < 1.29 is 19.4 Å². The van der Waals surface area contributed by atoms with Gasteiger partial charge in [-0.2, -0.15) is 0 Å². The second kappa shape index (κ2) is 26.3. The normalized spacial score (nSPS) is 12.3. The molecule has 4 heteroatoms. The monoisotopic (exact) mass is 480 g/mol. The lowest BCUT2D eigenvalue weighted by atomic mass is 9.97. The van der Waals surface area contributed by atoms with Crippen LogP contribution < -0.4 is 0 Å². The molecule has 0 fully saturated rings. The summed E-state index contributed by atoms with van der Waals surface area (Å²) < 4.78 is 5.01. The second-order valence-electron chi connectivity index (χ2n) is 9.95. The summed E-state index contributed by atoms with van der Waals surface area (Å²) >= 11 is 0. The summed E-state index contributed by atoms with van der Waals surface area (Å²) in [5.74, 6) is -1.88. The van der Waals surface area contributed by atoms with Gasteiger partial charge >= 0.3 is 11.9 Å². The van der Waals surface area contributed by atoms with Gasteiger partial charge in [0, 0.05) is 0 Å². The van der Waals surface area contributed by atoms with E-state index in [-0.39, 0.29) is 12.4 Å². The van der Waals surface area contributed by atoms with Crippen LogP contribution in [0.15, 0.2) is 12.2 Å². The van der Waals surface area contributed by atoms with E-state index in [9.17, 15) is 14.7 Å². The number of carbonyl (C=O) groups excluding carboxylic acids is 1. The van der Waals surface area contributed by atoms with E-state index in [0.29, 0.717) is 13.0 Å². The first-order chi connectivity index (χ1) is 16.6. The van der Waals surface area contributed by atoms with Gasteiger partial charge in [0.05, 0.1) is 18.9 Å². The van der Waals surface area contributed by atoms with E-state index in [4.69, 9.17) is 4.74 Å². The molecule has 0 amide bonds. The fraction of sp³-hybridized carbons (Fsp3) is 0.867. The van der Waals surface area contributed by atoms with Gasteiger partial charge in [0.1, 0.15) is 0 Å². The van der Waals surface area contributed by atoms with Gasteiger partial charge in [-0.25, -0.2) is 0 Å². The average Bonchev–Trinajstić information content (AvgIpc) is 2.82. The molecule has 0 saturated carbocycles. The Bertz CT molecular complexity index is 486. The summed E-state index contributed by atoms with van der Waals surface area (Å²) in [5, 5.41) is 9.30. The van der Waals surface area contributed by atoms with E-state index in [1.165, 1.54) is 89.9 Å². The number of allylic oxidation sites excluding steroid dienone is 2. The van der Waals surface area contributed by atoms with Gasteiger partial charge < -0.3 is 9.84 Å². The van der Waals surface area contributed by atoms with Crippen molar-refractivity contribution >= 4 is 11.9 Å². The van der Waals surface area contributed by atoms with Crippen LogP contribution in [0.4, 0.5) is 0 Å². The molecule has 0 aromatic carbocycles. The molecule has 1 atom stereocenters. The SMILES string of the molecule is CCCCCCCCCCCCCCC/C=C/CCCCCCC(CC(=O)OCCC)C(=O)O. The zero-order chi connectivity index (χ0) is 25.1. The number of hydrogen-bond acceptors (Lipinski definition) is 3. The van der Waals surface area contributed by atoms with E-state index in [1.807, 2.05) is 6.92 Å². The van der Waals surface area contributed by atoms with Gasteiger partial charge in [-0.3, -0.25) is 9.59 Å². The minimum absolute atomic E-state index is 0.00271. The molecular weight excluding hydrogens is 424 g/mol. The number of carboxylic acid groups (broad SMARTS) is 1. The molecule has 0 aliphatic rings. The highest BCUT2D eigenvalue weighted by atomic mass is 16.5. The summed E-state index contributed by atoms with van der Waals surface area (Å²) in [6, 6.07) is 0. The van der Waals surface area contributed by atoms with Crippen molar-refractivity contribution in [3.8, 4) is 0 Å². The van der Waals surface area contributed by atoms with Gasteiger partial charge in [0.2, 0.25) is 0 Å². The Morgan fingerprint density at radius 3 is 1.53 bits per heavy atom. The third-order valence-corrected chi connectivity index (χ3v) is 6.54. The number of carbonyl (C=O) groups is 2. The minimum Gasteiger partial charge on any atom is -0.481 e. The number of rotatable bonds is 26. The van der Waals surface area contributed by atoms with Crippen LogP contribution in [0.1, 0.15) is 155 Å². The van der Waals surface area contributed by atoms with Crippen LogP contribution in [0.3, 0.4) is 0 Å². The Balaban J connectivity index is 3.42. The first kappa shape index (κ1) is 32.7. The molecule has 0 aromatic heterocycles. The highest BCUT2D eigenvalue weighted by molar-refractivity contribution is 5.78. The molecule has 0 spiro atoms. The molecule has 0 radical (unpaired) electrons. The molecule has 200 valence electrons. The van der Waals surface area contributed by atoms with Crippen molar-refractivity contribution in [2.45, 2.75) is 155 Å². The number of unbranched alkanes of at least 4 members (excludes halogenated alkanes) is 17. The molecular formula is C30H56O4. The van der Waals surface area contributed by atoms with E-state index in [0.717, 1.165) is 38.5 Å². The van der Waals surface area contributed by atoms with Crippen LogP contribution in [0, 0.1) is 5.92 Å². The van der Waals surface area contributed by atoms with Crippen LogP contribution in [-0.4, -0.2) is 23.7 Å². The zero-order valence-electron chi connectivity index (χ0n) is 22.7. The standard InChI is InChI=1S/C30H56O4/c1-3-5-6-7-8-9-10-11-12-13-14-15-16-17-18-19-20-21-22-23-24-25-28(30(32)33)27-29(31)34-26-4-2/h18-19,28H,3-17,20-27H2,1-2H3,(H,32,33)/b19-18+. The summed E-state index contributed by atoms with van der Waals surface area (Å²) in [6.45, 7) is 4.58. The highest BCUT2D eigenvalue weighted by Crippen LogP contribution is 2.17. The quantitative estimate of drug-likeness (QED) is 0.0760. The fourth-order valence-corrected chi connectivity index (χ4v) is 4.31. The smallest absolute Gasteiger partial charge is 0.307 e. The van der Waals surface area contributed by atoms with Crippen LogP contribution in [-0.2, 0) is 14.3 Å². The van der Waals surface area contributed by atoms with Gasteiger partial charge in [-0.1, -0.05) is 122 Å². The number of esters is 1. The maximum atomic E-state index is 11.6. The minimum atomic E-state index is -0.885. The predicted molar refractivity (Wildman–Crippen MR) is 144 cm³/mol. The second-order valence-corrected chi connectivity index (χ2v) is 9.95. The molecule has 1 N–H and O–H groups in total. The maximum Gasteiger partial charge on any atom is 0.307 e. The molecule has 0 bridgehead atoms. The van der Waals surface area contributed by atoms with Crippen LogP contribution >= 0.6 is 0 Å². The highest BCUT2D eigenvalue weighted by Gasteiger charge is 2.21. The molecule has 34 heavy (non-hydrogen) atoms. The first-order valence-corrected chi connectivity index (χ1v) is 14.6. The maximum absolute atomic E-state index is 11.6. The van der Waals surface area contributed by atoms with Gasteiger partial charge in [-0.05, 0) is 38.5 Å². The van der Waals surface area contributed by atoms with Crippen molar-refractivity contribution in [3.63, 3.8) is 0 Å². The Kier molecular flexibility index (Phi) is 25.3. The molecule has 0 aromatic rings. The molecule has 0 heterocycles. The Hall–Kier alpha value is -1.32. The lowest BCUT2D eigenvalue weighted by Gasteiger charge is -2.11. The summed E-state index contributed by atoms with van der Waals surface area (Å²) in [4.78, 5) is 23.0. The summed E-state index contributed by atoms with van der Waals surface area (Å²) in [5.41, 5.74) is 0. The number of ether oxygens (including phenoxy) is 1. The molecule has 4 nitrogen and oxygen atoms in total. The third kappa shape index (κ3) is 23.8. The van der Waals surface area contributed by atoms with Gasteiger partial charge in [0.25, 0.3) is 0 Å². The summed E-state index contributed by atoms with van der Waals surface area (Å²) in [6.07, 6.45) is 30.7. The van der Waals surface area contributed by atoms with Crippen molar-refractivity contribution in [2.75, 3.05) is 6.61 Å². The Morgan fingerprint density at radius 2 is 1.09 bits per heavy atom. The van der Waals surface area contributed by atoms with Crippen molar-refractivity contribution in [2.24, 2.45) is 5.92 Å². The van der Waals surface area contributed by atoms with Gasteiger partial charge in [0.15, 0.2) is 0 Å². The van der Waals surface area contributed by atoms with E-state index in [1.54, 1.807) is 0 Å². The molecule has 1 unspecified atom stereocenters. The Morgan fingerprint density at radius 1 is 0.647 bits per heavy atom. The van der Waals surface area contributed by atoms with E-state index >= 15 is 0 Å². The van der Waals surface area contributed by atoms with Crippen LogP contribution in [0.2, 0.25) is 0 Å². The lowest BCUT2D eigenvalue weighted by Crippen LogP contribution is -2.19. The number of aliphatic carboxylic acids is 1. The molecule has 0 rings (SSSR count). The Labute approximate surface area is 211 Å². The van der Waals surface area contributed by atoms with Crippen molar-refractivity contribution in [1.29, 1.82) is 0 Å². The largest absolute Gasteiger partial charge is 0.481 e. The van der Waals surface area contributed by atoms with Gasteiger partial charge in [-0.15, -0.1) is 0 Å². The van der Waals surface area contributed by atoms with Crippen molar-refractivity contribution in [1.82, 2.24) is 0 Å². The topological polar surface area (TPSA) is 63.6 Å². The number of hydrogen-bond donors (Lipinski definition) is 1. The molecule has 0 saturated heterocycles. The fourth-order valence-electron chi connectivity index (χ4n) is 4.31. The lowest BCUT2D eigenvalue weighted by molar-refractivity contribution is -0.151. The van der Waals surface area contributed by atoms with Crippen LogP contribution in [0.5, 0.6) is 0 Å². The molecule has 0 aliphatic carbocycles. The van der Waals surface area contributed by atoms with E-state index < -0.39 is 11.9 Å². The first-order valence-electron chi connectivity index (χ1n) is 14.6. The summed E-state index contributed by atoms with van der Waals surface area (Å²) in [7, 11) is 0. The zero-order valence-corrected chi connectivity index (χ0v) is 22.7. The third-order valence-electron chi connectivity index (χ3n) is 6.54. The average molecular weight is 481 g/mol. The van der Waals surface area contributed by atoms with E-state index in [2.05, 4.69) is 19.1 Å². The molecule has 0 aliphatic heterocycles. The number of carboxylic acids is 1. The predicted octanol–water partition coefficient (Wildman–Crippen LogP) is 9.41.